The van der Waals surface area contributed by atoms with Gasteiger partial charge in [-0.2, -0.15) is 9.78 Å². The molecule has 0 atom stereocenters. The number of aromatic nitrogens is 1. The summed E-state index contributed by atoms with van der Waals surface area (Å²) < 4.78 is 6.83. The quantitative estimate of drug-likeness (QED) is 0.619. The number of fused-ring (bicyclic) bond motifs is 1. The van der Waals surface area contributed by atoms with Gasteiger partial charge in [0.05, 0.1) is 5.52 Å². The molecule has 176 valence electrons. The fourth-order valence-corrected chi connectivity index (χ4v) is 7.70. The third kappa shape index (κ3) is 3.49. The highest BCUT2D eigenvalue weighted by molar-refractivity contribution is 6.31. The highest BCUT2D eigenvalue weighted by Crippen LogP contribution is 2.63. The predicted octanol–water partition coefficient (Wildman–Crippen LogP) is 5.22. The van der Waals surface area contributed by atoms with Crippen LogP contribution in [0.15, 0.2) is 30.5 Å². The van der Waals surface area contributed by atoms with Crippen molar-refractivity contribution in [2.75, 3.05) is 31.5 Å². The molecule has 4 aliphatic carbocycles. The number of likely N-dealkylation sites (tertiary alicyclic amines) is 1. The number of pyridine rings is 1. The zero-order chi connectivity index (χ0) is 22.0. The summed E-state index contributed by atoms with van der Waals surface area (Å²) >= 11 is 6.12. The third-order valence-corrected chi connectivity index (χ3v) is 9.25. The molecule has 0 amide bonds. The number of piperidine rings is 1. The van der Waals surface area contributed by atoms with Gasteiger partial charge in [-0.05, 0) is 68.2 Å². The molecule has 8 rings (SSSR count). The van der Waals surface area contributed by atoms with Crippen LogP contribution >= 0.6 is 11.6 Å². The molecule has 1 N–H and O–H groups in total. The Morgan fingerprint density at radius 2 is 1.76 bits per heavy atom. The van der Waals surface area contributed by atoms with Gasteiger partial charge in [0.2, 0.25) is 11.6 Å². The van der Waals surface area contributed by atoms with E-state index in [0.29, 0.717) is 16.9 Å². The summed E-state index contributed by atoms with van der Waals surface area (Å²) in [5.41, 5.74) is 2.02. The Hall–Kier alpha value is -1.44. The smallest absolute Gasteiger partial charge is 0.210 e. The molecule has 2 saturated heterocycles. The van der Waals surface area contributed by atoms with Gasteiger partial charge in [0.15, 0.2) is 0 Å². The van der Waals surface area contributed by atoms with Gasteiger partial charge in [-0.3, -0.25) is 4.98 Å². The first-order valence-corrected chi connectivity index (χ1v) is 13.1. The molecule has 2 spiro atoms. The molecule has 2 aromatic rings. The van der Waals surface area contributed by atoms with Crippen LogP contribution in [0.4, 0.5) is 5.69 Å². The highest BCUT2D eigenvalue weighted by Gasteiger charge is 2.66. The lowest BCUT2D eigenvalue weighted by Crippen LogP contribution is -2.59. The first kappa shape index (κ1) is 20.9. The fourth-order valence-electron chi connectivity index (χ4n) is 7.54. The topological polar surface area (TPSA) is 55.9 Å². The van der Waals surface area contributed by atoms with Gasteiger partial charge in [0, 0.05) is 73.1 Å². The summed E-state index contributed by atoms with van der Waals surface area (Å²) in [7, 11) is 0. The first-order chi connectivity index (χ1) is 16.1. The largest absolute Gasteiger partial charge is 0.383 e. The van der Waals surface area contributed by atoms with Gasteiger partial charge in [-0.15, -0.1) is 0 Å². The van der Waals surface area contributed by atoms with Gasteiger partial charge in [0.1, 0.15) is 0 Å². The number of benzene rings is 1. The van der Waals surface area contributed by atoms with Crippen LogP contribution in [-0.4, -0.2) is 47.6 Å². The van der Waals surface area contributed by atoms with Crippen LogP contribution in [0.25, 0.3) is 10.9 Å². The molecule has 1 aromatic heterocycles. The lowest BCUT2D eigenvalue weighted by atomic mass is 9.53. The summed E-state index contributed by atoms with van der Waals surface area (Å²) in [4.78, 5) is 19.1. The van der Waals surface area contributed by atoms with Gasteiger partial charge < -0.3 is 15.0 Å². The Balaban J connectivity index is 0.954. The monoisotopic (exact) mass is 469 g/mol. The number of rotatable bonds is 4. The second-order valence-corrected chi connectivity index (χ2v) is 11.4. The van der Waals surface area contributed by atoms with E-state index >= 15 is 0 Å². The second-order valence-electron chi connectivity index (χ2n) is 11.0. The minimum absolute atomic E-state index is 0.456. The minimum atomic E-state index is -0.542. The van der Waals surface area contributed by atoms with Crippen molar-refractivity contribution < 1.29 is 14.5 Å². The van der Waals surface area contributed by atoms with E-state index in [9.17, 15) is 0 Å². The predicted molar refractivity (Wildman–Crippen MR) is 127 cm³/mol. The molecule has 2 aliphatic heterocycles. The van der Waals surface area contributed by atoms with Gasteiger partial charge in [-0.1, -0.05) is 11.6 Å². The first-order valence-electron chi connectivity index (χ1n) is 12.7. The number of hydrogen-bond donors (Lipinski definition) is 1. The Kier molecular flexibility index (Phi) is 4.93. The molecule has 4 saturated carbocycles. The van der Waals surface area contributed by atoms with Gasteiger partial charge in [-0.25, -0.2) is 0 Å². The Morgan fingerprint density at radius 1 is 1.00 bits per heavy atom. The van der Waals surface area contributed by atoms with Crippen LogP contribution in [0, 0.1) is 23.7 Å². The molecule has 6 aliphatic rings. The summed E-state index contributed by atoms with van der Waals surface area (Å²) in [6.45, 7) is 3.79. The molecule has 0 radical (unpaired) electrons. The van der Waals surface area contributed by atoms with E-state index in [1.54, 1.807) is 0 Å². The number of nitrogens with zero attached hydrogens (tertiary/aromatic N) is 2. The van der Waals surface area contributed by atoms with Crippen molar-refractivity contribution in [1.29, 1.82) is 0 Å². The molecule has 33 heavy (non-hydrogen) atoms. The number of halogens is 1. The average molecular weight is 470 g/mol. The molecule has 7 heteroatoms. The second kappa shape index (κ2) is 7.79. The van der Waals surface area contributed by atoms with Crippen LogP contribution in [0.1, 0.15) is 44.9 Å². The van der Waals surface area contributed by atoms with Crippen molar-refractivity contribution in [3.8, 4) is 0 Å². The maximum absolute atomic E-state index is 6.83. The van der Waals surface area contributed by atoms with E-state index < -0.39 is 11.6 Å². The lowest BCUT2D eigenvalue weighted by Gasteiger charge is -2.57. The molecular weight excluding hydrogens is 438 g/mol. The van der Waals surface area contributed by atoms with Gasteiger partial charge >= 0.3 is 0 Å². The van der Waals surface area contributed by atoms with E-state index in [-0.39, 0.29) is 0 Å². The molecular formula is C26H32ClN3O3. The van der Waals surface area contributed by atoms with Crippen molar-refractivity contribution in [2.24, 2.45) is 23.7 Å². The molecule has 0 unspecified atom stereocenters. The van der Waals surface area contributed by atoms with Crippen LogP contribution in [0.2, 0.25) is 5.02 Å². The lowest BCUT2D eigenvalue weighted by molar-refractivity contribution is -0.390. The van der Waals surface area contributed by atoms with Crippen molar-refractivity contribution in [3.05, 3.63) is 35.5 Å². The number of ether oxygens (including phenoxy) is 1. The summed E-state index contributed by atoms with van der Waals surface area (Å²) in [6.07, 6.45) is 10.1. The van der Waals surface area contributed by atoms with Crippen LogP contribution < -0.4 is 5.32 Å². The van der Waals surface area contributed by atoms with Crippen molar-refractivity contribution in [3.63, 3.8) is 0 Å². The summed E-state index contributed by atoms with van der Waals surface area (Å²) in [5.74, 6) is 1.85. The summed E-state index contributed by atoms with van der Waals surface area (Å²) in [6, 6.07) is 7.89. The van der Waals surface area contributed by atoms with Crippen LogP contribution in [0.3, 0.4) is 0 Å². The molecule has 6 nitrogen and oxygen atoms in total. The molecule has 6 fully saturated rings. The normalized spacial score (nSPS) is 36.9. The van der Waals surface area contributed by atoms with E-state index in [4.69, 9.17) is 26.1 Å². The standard InChI is InChI=1S/C26H32ClN3O3/c27-21-1-2-22-23(3-6-28-24(22)16-21)29-7-10-30-8-4-25(5-9-30)31-26(33-32-25)19-12-17-11-18(14-19)15-20(26)13-17/h1-3,6,16-20H,4-5,7-15H2,(H,28,29). The molecule has 1 aromatic carbocycles. The maximum atomic E-state index is 6.83. The van der Waals surface area contributed by atoms with Crippen molar-refractivity contribution in [2.45, 2.75) is 56.5 Å². The van der Waals surface area contributed by atoms with Crippen molar-refractivity contribution in [1.82, 2.24) is 9.88 Å². The van der Waals surface area contributed by atoms with Crippen LogP contribution in [0.5, 0.6) is 0 Å². The zero-order valence-corrected chi connectivity index (χ0v) is 19.7. The van der Waals surface area contributed by atoms with Gasteiger partial charge in [0.25, 0.3) is 0 Å². The number of nitrogens with one attached hydrogen (secondary N) is 1. The minimum Gasteiger partial charge on any atom is -0.383 e. The third-order valence-electron chi connectivity index (χ3n) is 9.01. The highest BCUT2D eigenvalue weighted by atomic mass is 35.5. The van der Waals surface area contributed by atoms with E-state index in [0.717, 1.165) is 67.4 Å². The fraction of sp³-hybridized carbons (Fsp3) is 0.654. The maximum Gasteiger partial charge on any atom is 0.210 e. The Bertz CT molecular complexity index is 1030. The SMILES string of the molecule is Clc1ccc2c(NCCN3CCC4(CC3)OOC3(O4)C4CC5CC(C4)CC3C5)ccnc2c1. The molecule has 3 heterocycles. The van der Waals surface area contributed by atoms with E-state index in [1.807, 2.05) is 30.5 Å². The van der Waals surface area contributed by atoms with Crippen LogP contribution in [-0.2, 0) is 14.5 Å². The van der Waals surface area contributed by atoms with E-state index in [2.05, 4.69) is 15.2 Å². The van der Waals surface area contributed by atoms with Crippen molar-refractivity contribution >= 4 is 28.2 Å². The van der Waals surface area contributed by atoms with E-state index in [1.165, 1.54) is 32.1 Å². The molecule has 4 bridgehead atoms. The summed E-state index contributed by atoms with van der Waals surface area (Å²) in [5, 5.41) is 5.40. The Labute approximate surface area is 199 Å². The average Bonchev–Trinajstić information content (AvgIpc) is 3.18. The number of anilines is 1. The zero-order valence-electron chi connectivity index (χ0n) is 19.0. The Morgan fingerprint density at radius 3 is 2.52 bits per heavy atom. The number of hydrogen-bond acceptors (Lipinski definition) is 6.